The van der Waals surface area contributed by atoms with Crippen molar-refractivity contribution < 1.29 is 27.8 Å². The van der Waals surface area contributed by atoms with E-state index in [1.807, 2.05) is 0 Å². The van der Waals surface area contributed by atoms with E-state index in [1.165, 1.54) is 6.08 Å². The van der Waals surface area contributed by atoms with E-state index in [-0.39, 0.29) is 19.7 Å². The molecule has 1 rings (SSSR count). The maximum absolute atomic E-state index is 12.0. The molecule has 7 nitrogen and oxygen atoms in total. The Hall–Kier alpha value is -1.64. The Labute approximate surface area is 104 Å². The van der Waals surface area contributed by atoms with E-state index in [0.717, 1.165) is 16.4 Å². The summed E-state index contributed by atoms with van der Waals surface area (Å²) in [4.78, 5) is 10.6. The van der Waals surface area contributed by atoms with Crippen LogP contribution in [0.3, 0.4) is 0 Å². The van der Waals surface area contributed by atoms with Crippen molar-refractivity contribution in [1.82, 2.24) is 4.31 Å². The van der Waals surface area contributed by atoms with Gasteiger partial charge in [0, 0.05) is 13.1 Å². The lowest BCUT2D eigenvalue weighted by atomic mass is 10.5. The summed E-state index contributed by atoms with van der Waals surface area (Å²) < 4.78 is 29.7. The van der Waals surface area contributed by atoms with E-state index in [9.17, 15) is 13.2 Å². The van der Waals surface area contributed by atoms with Gasteiger partial charge in [0.1, 0.15) is 0 Å². The molecule has 18 heavy (non-hydrogen) atoms. The Morgan fingerprint density at radius 1 is 1.50 bits per heavy atom. The third kappa shape index (κ3) is 2.97. The number of aliphatic hydroxyl groups excluding tert-OH is 1. The van der Waals surface area contributed by atoms with Crippen LogP contribution in [0.2, 0.25) is 0 Å². The highest BCUT2D eigenvalue weighted by Crippen LogP contribution is 2.18. The van der Waals surface area contributed by atoms with Gasteiger partial charge in [-0.3, -0.25) is 0 Å². The monoisotopic (exact) mass is 275 g/mol. The minimum Gasteiger partial charge on any atom is -0.475 e. The molecule has 100 valence electrons. The molecule has 0 unspecified atom stereocenters. The third-order valence-electron chi connectivity index (χ3n) is 2.07. The van der Waals surface area contributed by atoms with Crippen molar-refractivity contribution in [2.75, 3.05) is 19.7 Å². The first-order valence-electron chi connectivity index (χ1n) is 4.98. The molecule has 1 heterocycles. The standard InChI is InChI=1S/C10H13NO6S/c1-2-5-11(6-7-12)18(15,16)9-4-3-8(17-9)10(13)14/h2-4,12H,1,5-7H2,(H,13,14). The van der Waals surface area contributed by atoms with Crippen LogP contribution in [0.25, 0.3) is 0 Å². The number of aliphatic hydroxyl groups is 1. The van der Waals surface area contributed by atoms with Crippen LogP contribution in [0.4, 0.5) is 0 Å². The molecule has 0 saturated heterocycles. The molecule has 2 N–H and O–H groups in total. The second-order valence-corrected chi connectivity index (χ2v) is 5.17. The number of rotatable bonds is 7. The van der Waals surface area contributed by atoms with Gasteiger partial charge >= 0.3 is 5.97 Å². The van der Waals surface area contributed by atoms with Crippen LogP contribution in [0, 0.1) is 0 Å². The number of sulfonamides is 1. The van der Waals surface area contributed by atoms with Crippen molar-refractivity contribution in [3.05, 3.63) is 30.5 Å². The van der Waals surface area contributed by atoms with Gasteiger partial charge in [-0.25, -0.2) is 13.2 Å². The molecule has 0 aliphatic heterocycles. The van der Waals surface area contributed by atoms with E-state index < -0.39 is 26.8 Å². The largest absolute Gasteiger partial charge is 0.475 e. The molecule has 0 aromatic carbocycles. The minimum absolute atomic E-state index is 0.00794. The van der Waals surface area contributed by atoms with Crippen molar-refractivity contribution in [2.45, 2.75) is 5.09 Å². The van der Waals surface area contributed by atoms with Crippen molar-refractivity contribution in [1.29, 1.82) is 0 Å². The molecular weight excluding hydrogens is 262 g/mol. The van der Waals surface area contributed by atoms with Gasteiger partial charge in [0.25, 0.3) is 10.0 Å². The van der Waals surface area contributed by atoms with Gasteiger partial charge in [-0.15, -0.1) is 6.58 Å². The Bertz CT molecular complexity index is 532. The number of furan rings is 1. The van der Waals surface area contributed by atoms with E-state index in [2.05, 4.69) is 6.58 Å². The molecule has 0 spiro atoms. The van der Waals surface area contributed by atoms with Crippen LogP contribution in [-0.2, 0) is 10.0 Å². The minimum atomic E-state index is -3.97. The lowest BCUT2D eigenvalue weighted by Crippen LogP contribution is -2.33. The highest BCUT2D eigenvalue weighted by molar-refractivity contribution is 7.89. The molecule has 0 aliphatic carbocycles. The average Bonchev–Trinajstić information content (AvgIpc) is 2.78. The first kappa shape index (κ1) is 14.4. The smallest absolute Gasteiger partial charge is 0.371 e. The van der Waals surface area contributed by atoms with Gasteiger partial charge in [0.15, 0.2) is 0 Å². The number of carboxylic acid groups (broad SMARTS) is 1. The van der Waals surface area contributed by atoms with E-state index in [4.69, 9.17) is 14.6 Å². The summed E-state index contributed by atoms with van der Waals surface area (Å²) in [5, 5.41) is 17.0. The Balaban J connectivity index is 3.09. The van der Waals surface area contributed by atoms with Gasteiger partial charge in [-0.2, -0.15) is 4.31 Å². The van der Waals surface area contributed by atoms with Crippen LogP contribution in [-0.4, -0.2) is 48.6 Å². The second-order valence-electron chi connectivity index (χ2n) is 3.30. The van der Waals surface area contributed by atoms with Crippen LogP contribution >= 0.6 is 0 Å². The number of carboxylic acids is 1. The topological polar surface area (TPSA) is 108 Å². The summed E-state index contributed by atoms with van der Waals surface area (Å²) >= 11 is 0. The Morgan fingerprint density at radius 2 is 2.17 bits per heavy atom. The van der Waals surface area contributed by atoms with Crippen molar-refractivity contribution >= 4 is 16.0 Å². The molecular formula is C10H13NO6S. The van der Waals surface area contributed by atoms with E-state index >= 15 is 0 Å². The lowest BCUT2D eigenvalue weighted by molar-refractivity contribution is 0.0656. The van der Waals surface area contributed by atoms with Crippen molar-refractivity contribution in [2.24, 2.45) is 0 Å². The number of aromatic carboxylic acids is 1. The first-order valence-corrected chi connectivity index (χ1v) is 6.42. The van der Waals surface area contributed by atoms with Gasteiger partial charge in [0.05, 0.1) is 6.61 Å². The second kappa shape index (κ2) is 5.80. The normalized spacial score (nSPS) is 11.7. The predicted molar refractivity (Wildman–Crippen MR) is 61.7 cm³/mol. The van der Waals surface area contributed by atoms with Gasteiger partial charge in [0.2, 0.25) is 10.9 Å². The summed E-state index contributed by atoms with van der Waals surface area (Å²) in [6.45, 7) is 2.91. The molecule has 0 fully saturated rings. The van der Waals surface area contributed by atoms with Crippen LogP contribution in [0.5, 0.6) is 0 Å². The molecule has 0 aliphatic rings. The number of nitrogens with zero attached hydrogens (tertiary/aromatic N) is 1. The maximum Gasteiger partial charge on any atom is 0.371 e. The lowest BCUT2D eigenvalue weighted by Gasteiger charge is -2.17. The van der Waals surface area contributed by atoms with Crippen LogP contribution in [0.15, 0.2) is 34.3 Å². The summed E-state index contributed by atoms with van der Waals surface area (Å²) in [6, 6.07) is 2.12. The molecule has 0 bridgehead atoms. The molecule has 0 amide bonds. The number of carbonyl (C=O) groups is 1. The van der Waals surface area contributed by atoms with Crippen LogP contribution < -0.4 is 0 Å². The third-order valence-corrected chi connectivity index (χ3v) is 3.81. The molecule has 0 atom stereocenters. The Kier molecular flexibility index (Phi) is 4.65. The molecule has 0 radical (unpaired) electrons. The van der Waals surface area contributed by atoms with Crippen LogP contribution in [0.1, 0.15) is 10.6 Å². The highest BCUT2D eigenvalue weighted by Gasteiger charge is 2.27. The summed E-state index contributed by atoms with van der Waals surface area (Å²) in [5.74, 6) is -1.81. The maximum atomic E-state index is 12.0. The number of hydrogen-bond donors (Lipinski definition) is 2. The van der Waals surface area contributed by atoms with Crippen molar-refractivity contribution in [3.8, 4) is 0 Å². The summed E-state index contributed by atoms with van der Waals surface area (Å²) in [5.41, 5.74) is 0. The van der Waals surface area contributed by atoms with E-state index in [0.29, 0.717) is 0 Å². The fourth-order valence-corrected chi connectivity index (χ4v) is 2.58. The van der Waals surface area contributed by atoms with Crippen molar-refractivity contribution in [3.63, 3.8) is 0 Å². The molecule has 1 aromatic heterocycles. The average molecular weight is 275 g/mol. The molecule has 8 heteroatoms. The zero-order valence-corrected chi connectivity index (χ0v) is 10.3. The van der Waals surface area contributed by atoms with Gasteiger partial charge < -0.3 is 14.6 Å². The zero-order valence-electron chi connectivity index (χ0n) is 9.44. The fraction of sp³-hybridized carbons (Fsp3) is 0.300. The van der Waals surface area contributed by atoms with Gasteiger partial charge in [-0.05, 0) is 12.1 Å². The fourth-order valence-electron chi connectivity index (χ4n) is 1.27. The van der Waals surface area contributed by atoms with E-state index in [1.54, 1.807) is 0 Å². The Morgan fingerprint density at radius 3 is 2.61 bits per heavy atom. The quantitative estimate of drug-likeness (QED) is 0.686. The first-order chi connectivity index (χ1) is 8.43. The predicted octanol–water partition coefficient (Wildman–Crippen LogP) is 0.147. The number of hydrogen-bond acceptors (Lipinski definition) is 5. The summed E-state index contributed by atoms with van der Waals surface area (Å²) in [6.07, 6.45) is 1.36. The highest BCUT2D eigenvalue weighted by atomic mass is 32.2. The zero-order chi connectivity index (χ0) is 13.8. The molecule has 0 saturated carbocycles. The SMILES string of the molecule is C=CCN(CCO)S(=O)(=O)c1ccc(C(=O)O)o1. The van der Waals surface area contributed by atoms with Gasteiger partial charge in [-0.1, -0.05) is 6.08 Å². The molecule has 1 aromatic rings. The summed E-state index contributed by atoms with van der Waals surface area (Å²) in [7, 11) is -3.97.